The number of halogens is 2. The van der Waals surface area contributed by atoms with Gasteiger partial charge in [-0.1, -0.05) is 28.1 Å². The van der Waals surface area contributed by atoms with Crippen LogP contribution in [-0.4, -0.2) is 44.7 Å². The molecule has 1 aromatic carbocycles. The molecule has 0 atom stereocenters. The predicted octanol–water partition coefficient (Wildman–Crippen LogP) is 4.28. The van der Waals surface area contributed by atoms with Crippen molar-refractivity contribution in [2.75, 3.05) is 33.9 Å². The number of nitrogens with one attached hydrogen (secondary N) is 1. The molecule has 24 heavy (non-hydrogen) atoms. The number of ether oxygens (including phenoxy) is 1. The van der Waals surface area contributed by atoms with E-state index in [0.717, 1.165) is 43.2 Å². The summed E-state index contributed by atoms with van der Waals surface area (Å²) in [6, 6.07) is 8.43. The molecule has 1 saturated carbocycles. The highest BCUT2D eigenvalue weighted by molar-refractivity contribution is 14.0. The van der Waals surface area contributed by atoms with Crippen LogP contribution >= 0.6 is 39.9 Å². The summed E-state index contributed by atoms with van der Waals surface area (Å²) in [4.78, 5) is 6.59. The van der Waals surface area contributed by atoms with Gasteiger partial charge in [0.05, 0.1) is 0 Å². The van der Waals surface area contributed by atoms with Crippen LogP contribution in [-0.2, 0) is 11.3 Å². The highest BCUT2D eigenvalue weighted by atomic mass is 127. The van der Waals surface area contributed by atoms with Gasteiger partial charge in [0.1, 0.15) is 0 Å². The Kier molecular flexibility index (Phi) is 9.59. The number of hydrogen-bond donors (Lipinski definition) is 1. The van der Waals surface area contributed by atoms with E-state index in [0.29, 0.717) is 5.41 Å². The van der Waals surface area contributed by atoms with Gasteiger partial charge in [0.15, 0.2) is 5.96 Å². The van der Waals surface area contributed by atoms with Crippen molar-refractivity contribution < 1.29 is 4.74 Å². The highest BCUT2D eigenvalue weighted by Gasteiger charge is 2.42. The fraction of sp³-hybridized carbons (Fsp3) is 0.611. The molecule has 0 heterocycles. The maximum Gasteiger partial charge on any atom is 0.193 e. The van der Waals surface area contributed by atoms with Gasteiger partial charge in [-0.05, 0) is 49.3 Å². The minimum atomic E-state index is 0. The van der Waals surface area contributed by atoms with Gasteiger partial charge >= 0.3 is 0 Å². The third kappa shape index (κ3) is 6.88. The second kappa shape index (κ2) is 10.6. The quantitative estimate of drug-likeness (QED) is 0.246. The molecular weight excluding hydrogens is 481 g/mol. The molecule has 0 radical (unpaired) electrons. The summed E-state index contributed by atoms with van der Waals surface area (Å²) in [5.74, 6) is 0.954. The Morgan fingerprint density at radius 3 is 2.54 bits per heavy atom. The first-order valence-corrected chi connectivity index (χ1v) is 9.12. The van der Waals surface area contributed by atoms with Crippen LogP contribution in [0, 0.1) is 5.41 Å². The van der Waals surface area contributed by atoms with E-state index < -0.39 is 0 Å². The van der Waals surface area contributed by atoms with Crippen LogP contribution in [0.2, 0.25) is 0 Å². The predicted molar refractivity (Wildman–Crippen MR) is 115 cm³/mol. The Hall–Kier alpha value is -0.340. The standard InChI is InChI=1S/C18H28BrN3O.HI/c1-4-23-12-11-18(9-10-18)14-21-17(20-2)22(3)13-15-5-7-16(19)8-6-15;/h5-8H,4,9-14H2,1-3H3,(H,20,21);1H. The molecule has 4 nitrogen and oxygen atoms in total. The van der Waals surface area contributed by atoms with E-state index >= 15 is 0 Å². The Bertz CT molecular complexity index is 518. The molecule has 0 unspecified atom stereocenters. The van der Waals surface area contributed by atoms with Gasteiger partial charge in [-0.2, -0.15) is 0 Å². The largest absolute Gasteiger partial charge is 0.382 e. The van der Waals surface area contributed by atoms with Gasteiger partial charge in [-0.15, -0.1) is 24.0 Å². The van der Waals surface area contributed by atoms with Crippen molar-refractivity contribution in [1.82, 2.24) is 10.2 Å². The smallest absolute Gasteiger partial charge is 0.193 e. The van der Waals surface area contributed by atoms with Crippen molar-refractivity contribution in [2.24, 2.45) is 10.4 Å². The van der Waals surface area contributed by atoms with Gasteiger partial charge in [0.25, 0.3) is 0 Å². The molecule has 0 aliphatic heterocycles. The maximum atomic E-state index is 5.51. The molecule has 1 aliphatic rings. The third-order valence-electron chi connectivity index (χ3n) is 4.47. The van der Waals surface area contributed by atoms with E-state index in [9.17, 15) is 0 Å². The number of hydrogen-bond acceptors (Lipinski definition) is 2. The van der Waals surface area contributed by atoms with Crippen molar-refractivity contribution in [3.05, 3.63) is 34.3 Å². The van der Waals surface area contributed by atoms with Crippen molar-refractivity contribution in [3.8, 4) is 0 Å². The molecule has 0 amide bonds. The van der Waals surface area contributed by atoms with Crippen molar-refractivity contribution >= 4 is 45.9 Å². The molecule has 1 aliphatic carbocycles. The molecule has 1 fully saturated rings. The lowest BCUT2D eigenvalue weighted by Gasteiger charge is -2.24. The summed E-state index contributed by atoms with van der Waals surface area (Å²) in [5.41, 5.74) is 1.69. The Balaban J connectivity index is 0.00000288. The fourth-order valence-electron chi connectivity index (χ4n) is 2.71. The Morgan fingerprint density at radius 1 is 1.33 bits per heavy atom. The monoisotopic (exact) mass is 509 g/mol. The van der Waals surface area contributed by atoms with Crippen molar-refractivity contribution in [3.63, 3.8) is 0 Å². The lowest BCUT2D eigenvalue weighted by molar-refractivity contribution is 0.128. The molecule has 0 spiro atoms. The zero-order valence-corrected chi connectivity index (χ0v) is 18.8. The fourth-order valence-corrected chi connectivity index (χ4v) is 2.98. The van der Waals surface area contributed by atoms with E-state index in [1.807, 2.05) is 7.05 Å². The average molecular weight is 510 g/mol. The first kappa shape index (κ1) is 21.7. The summed E-state index contributed by atoms with van der Waals surface area (Å²) in [7, 11) is 3.93. The number of guanidine groups is 1. The summed E-state index contributed by atoms with van der Waals surface area (Å²) in [6.45, 7) is 5.56. The second-order valence-electron chi connectivity index (χ2n) is 6.33. The topological polar surface area (TPSA) is 36.9 Å². The van der Waals surface area contributed by atoms with E-state index in [1.54, 1.807) is 0 Å². The van der Waals surface area contributed by atoms with Gasteiger partial charge in [0.2, 0.25) is 0 Å². The van der Waals surface area contributed by atoms with Gasteiger partial charge in [-0.3, -0.25) is 4.99 Å². The SMILES string of the molecule is CCOCCC1(CNC(=NC)N(C)Cc2ccc(Br)cc2)CC1.I. The molecule has 0 saturated heterocycles. The van der Waals surface area contributed by atoms with Gasteiger partial charge in [-0.25, -0.2) is 0 Å². The Morgan fingerprint density at radius 2 is 2.00 bits per heavy atom. The summed E-state index contributed by atoms with van der Waals surface area (Å²) in [5, 5.41) is 3.54. The average Bonchev–Trinajstić information content (AvgIpc) is 3.31. The first-order valence-electron chi connectivity index (χ1n) is 8.32. The first-order chi connectivity index (χ1) is 11.1. The lowest BCUT2D eigenvalue weighted by Crippen LogP contribution is -2.41. The molecule has 0 aromatic heterocycles. The van der Waals surface area contributed by atoms with E-state index in [-0.39, 0.29) is 24.0 Å². The van der Waals surface area contributed by atoms with Crippen LogP contribution in [0.25, 0.3) is 0 Å². The number of rotatable bonds is 8. The van der Waals surface area contributed by atoms with Crippen LogP contribution in [0.3, 0.4) is 0 Å². The van der Waals surface area contributed by atoms with E-state index in [1.165, 1.54) is 18.4 Å². The molecular formula is C18H29BrIN3O. The van der Waals surface area contributed by atoms with Crippen LogP contribution in [0.15, 0.2) is 33.7 Å². The molecule has 6 heteroatoms. The zero-order valence-electron chi connectivity index (χ0n) is 14.8. The minimum absolute atomic E-state index is 0. The Labute approximate surface area is 171 Å². The highest BCUT2D eigenvalue weighted by Crippen LogP contribution is 2.48. The van der Waals surface area contributed by atoms with Crippen LogP contribution in [0.1, 0.15) is 31.7 Å². The number of benzene rings is 1. The summed E-state index contributed by atoms with van der Waals surface area (Å²) in [6.07, 6.45) is 3.72. The van der Waals surface area contributed by atoms with Crippen LogP contribution in [0.4, 0.5) is 0 Å². The van der Waals surface area contributed by atoms with E-state index in [4.69, 9.17) is 4.74 Å². The maximum absolute atomic E-state index is 5.51. The molecule has 0 bridgehead atoms. The van der Waals surface area contributed by atoms with Crippen molar-refractivity contribution in [2.45, 2.75) is 32.7 Å². The number of nitrogens with zero attached hydrogens (tertiary/aromatic N) is 2. The van der Waals surface area contributed by atoms with Crippen LogP contribution in [0.5, 0.6) is 0 Å². The molecule has 136 valence electrons. The van der Waals surface area contributed by atoms with Crippen molar-refractivity contribution in [1.29, 1.82) is 0 Å². The molecule has 2 rings (SSSR count). The lowest BCUT2D eigenvalue weighted by atomic mass is 10.0. The second-order valence-corrected chi connectivity index (χ2v) is 7.25. The third-order valence-corrected chi connectivity index (χ3v) is 4.99. The molecule has 1 aromatic rings. The van der Waals surface area contributed by atoms with E-state index in [2.05, 4.69) is 69.4 Å². The van der Waals surface area contributed by atoms with Crippen LogP contribution < -0.4 is 5.32 Å². The molecule has 1 N–H and O–H groups in total. The summed E-state index contributed by atoms with van der Waals surface area (Å²) < 4.78 is 6.61. The zero-order chi connectivity index (χ0) is 16.7. The summed E-state index contributed by atoms with van der Waals surface area (Å²) >= 11 is 3.47. The minimum Gasteiger partial charge on any atom is -0.382 e. The van der Waals surface area contributed by atoms with Gasteiger partial charge in [0, 0.05) is 44.9 Å². The number of aliphatic imine (C=N–C) groups is 1. The normalized spacial score (nSPS) is 15.6. The van der Waals surface area contributed by atoms with Gasteiger partial charge < -0.3 is 15.0 Å².